The molecule has 5 nitrogen and oxygen atoms in total. The van der Waals surface area contributed by atoms with Crippen LogP contribution in [0.2, 0.25) is 5.02 Å². The van der Waals surface area contributed by atoms with Crippen LogP contribution in [0.5, 0.6) is 0 Å². The van der Waals surface area contributed by atoms with Crippen LogP contribution in [0.1, 0.15) is 31.2 Å². The highest BCUT2D eigenvalue weighted by molar-refractivity contribution is 8.00. The van der Waals surface area contributed by atoms with E-state index in [0.29, 0.717) is 39.2 Å². The Kier molecular flexibility index (Phi) is 6.71. The molecule has 0 spiro atoms. The molecule has 0 fully saturated rings. The Labute approximate surface area is 183 Å². The van der Waals surface area contributed by atoms with E-state index in [-0.39, 0.29) is 16.7 Å². The predicted octanol–water partition coefficient (Wildman–Crippen LogP) is 5.07. The van der Waals surface area contributed by atoms with Gasteiger partial charge in [-0.2, -0.15) is 0 Å². The van der Waals surface area contributed by atoms with E-state index in [9.17, 15) is 9.59 Å². The Morgan fingerprint density at radius 2 is 1.86 bits per heavy atom. The van der Waals surface area contributed by atoms with Crippen LogP contribution in [0.15, 0.2) is 34.2 Å². The Morgan fingerprint density at radius 1 is 1.24 bits per heavy atom. The molecule has 3 rings (SSSR count). The maximum atomic E-state index is 13.5. The number of aromatic nitrogens is 2. The first-order valence-electron chi connectivity index (χ1n) is 9.52. The van der Waals surface area contributed by atoms with Crippen molar-refractivity contribution in [1.82, 2.24) is 14.5 Å². The van der Waals surface area contributed by atoms with Crippen molar-refractivity contribution in [3.63, 3.8) is 0 Å². The zero-order valence-electron chi connectivity index (χ0n) is 17.2. The summed E-state index contributed by atoms with van der Waals surface area (Å²) in [6.07, 6.45) is 0. The molecule has 1 aromatic carbocycles. The number of halogens is 1. The molecule has 29 heavy (non-hydrogen) atoms. The molecule has 2 heterocycles. The molecular formula is C21H24ClN3O2S2. The van der Waals surface area contributed by atoms with Crippen LogP contribution in [-0.2, 0) is 4.79 Å². The van der Waals surface area contributed by atoms with E-state index in [1.54, 1.807) is 33.7 Å². The zero-order valence-corrected chi connectivity index (χ0v) is 19.5. The minimum atomic E-state index is -0.361. The van der Waals surface area contributed by atoms with Gasteiger partial charge in [-0.3, -0.25) is 14.2 Å². The molecule has 0 saturated carbocycles. The first kappa shape index (κ1) is 21.9. The van der Waals surface area contributed by atoms with E-state index >= 15 is 0 Å². The van der Waals surface area contributed by atoms with Crippen LogP contribution in [0.4, 0.5) is 0 Å². The fourth-order valence-corrected chi connectivity index (χ4v) is 5.38. The fraction of sp³-hybridized carbons (Fsp3) is 0.381. The first-order valence-corrected chi connectivity index (χ1v) is 11.6. The van der Waals surface area contributed by atoms with E-state index in [2.05, 4.69) is 0 Å². The Balaban J connectivity index is 2.17. The van der Waals surface area contributed by atoms with Crippen molar-refractivity contribution in [2.24, 2.45) is 0 Å². The minimum Gasteiger partial charge on any atom is -0.342 e. The number of thiophene rings is 1. The third-order valence-corrected chi connectivity index (χ3v) is 7.36. The quantitative estimate of drug-likeness (QED) is 0.389. The number of fused-ring (bicyclic) bond motifs is 1. The lowest BCUT2D eigenvalue weighted by Crippen LogP contribution is -2.36. The molecule has 8 heteroatoms. The van der Waals surface area contributed by atoms with Crippen LogP contribution in [0.25, 0.3) is 15.9 Å². The molecule has 1 unspecified atom stereocenters. The molecule has 1 amide bonds. The fourth-order valence-electron chi connectivity index (χ4n) is 3.17. The van der Waals surface area contributed by atoms with Gasteiger partial charge in [-0.1, -0.05) is 23.4 Å². The summed E-state index contributed by atoms with van der Waals surface area (Å²) in [4.78, 5) is 34.6. The average Bonchev–Trinajstić information content (AvgIpc) is 2.98. The summed E-state index contributed by atoms with van der Waals surface area (Å²) in [7, 11) is 0. The molecule has 0 N–H and O–H groups in total. The van der Waals surface area contributed by atoms with Gasteiger partial charge >= 0.3 is 0 Å². The van der Waals surface area contributed by atoms with Crippen molar-refractivity contribution >= 4 is 50.8 Å². The van der Waals surface area contributed by atoms with Crippen molar-refractivity contribution in [2.75, 3.05) is 13.1 Å². The molecule has 0 aliphatic carbocycles. The highest BCUT2D eigenvalue weighted by Crippen LogP contribution is 2.31. The molecule has 0 aliphatic heterocycles. The SMILES string of the molecule is CCN(CC)C(=O)C(C)Sc1nc2sc(C)c(C)c2c(=O)n1-c1ccc(Cl)cc1. The lowest BCUT2D eigenvalue weighted by molar-refractivity contribution is -0.129. The van der Waals surface area contributed by atoms with Gasteiger partial charge in [0, 0.05) is 23.0 Å². The first-order chi connectivity index (χ1) is 13.8. The monoisotopic (exact) mass is 449 g/mol. The third kappa shape index (κ3) is 4.22. The van der Waals surface area contributed by atoms with Crippen molar-refractivity contribution in [3.05, 3.63) is 50.1 Å². The average molecular weight is 450 g/mol. The van der Waals surface area contributed by atoms with E-state index in [1.165, 1.54) is 23.1 Å². The van der Waals surface area contributed by atoms with Gasteiger partial charge in [-0.15, -0.1) is 11.3 Å². The second kappa shape index (κ2) is 8.90. The molecule has 2 aromatic heterocycles. The van der Waals surface area contributed by atoms with Gasteiger partial charge in [0.1, 0.15) is 4.83 Å². The molecule has 154 valence electrons. The summed E-state index contributed by atoms with van der Waals surface area (Å²) in [5, 5.41) is 1.38. The molecule has 0 radical (unpaired) electrons. The van der Waals surface area contributed by atoms with Crippen LogP contribution < -0.4 is 5.56 Å². The van der Waals surface area contributed by atoms with E-state index in [0.717, 1.165) is 10.4 Å². The third-order valence-electron chi connectivity index (χ3n) is 4.96. The van der Waals surface area contributed by atoms with Crippen LogP contribution >= 0.6 is 34.7 Å². The van der Waals surface area contributed by atoms with Gasteiger partial charge in [0.05, 0.1) is 16.3 Å². The Bertz CT molecular complexity index is 1100. The van der Waals surface area contributed by atoms with Gasteiger partial charge in [0.15, 0.2) is 5.16 Å². The predicted molar refractivity (Wildman–Crippen MR) is 123 cm³/mol. The number of benzene rings is 1. The second-order valence-electron chi connectivity index (χ2n) is 6.75. The number of nitrogens with zero attached hydrogens (tertiary/aromatic N) is 3. The van der Waals surface area contributed by atoms with Crippen molar-refractivity contribution in [3.8, 4) is 5.69 Å². The maximum Gasteiger partial charge on any atom is 0.267 e. The van der Waals surface area contributed by atoms with Gasteiger partial charge in [0.25, 0.3) is 5.56 Å². The topological polar surface area (TPSA) is 55.2 Å². The normalized spacial score (nSPS) is 12.3. The van der Waals surface area contributed by atoms with Crippen molar-refractivity contribution in [1.29, 1.82) is 0 Å². The van der Waals surface area contributed by atoms with E-state index < -0.39 is 0 Å². The Morgan fingerprint density at radius 3 is 2.45 bits per heavy atom. The number of hydrogen-bond donors (Lipinski definition) is 0. The summed E-state index contributed by atoms with van der Waals surface area (Å²) in [6, 6.07) is 7.09. The summed E-state index contributed by atoms with van der Waals surface area (Å²) in [5.41, 5.74) is 1.51. The smallest absolute Gasteiger partial charge is 0.267 e. The Hall–Kier alpha value is -1.83. The van der Waals surface area contributed by atoms with E-state index in [4.69, 9.17) is 16.6 Å². The number of hydrogen-bond acceptors (Lipinski definition) is 5. The number of amides is 1. The van der Waals surface area contributed by atoms with Crippen LogP contribution in [-0.4, -0.2) is 38.7 Å². The van der Waals surface area contributed by atoms with Crippen molar-refractivity contribution < 1.29 is 4.79 Å². The highest BCUT2D eigenvalue weighted by Gasteiger charge is 2.24. The number of thioether (sulfide) groups is 1. The number of aryl methyl sites for hydroxylation is 2. The molecule has 3 aromatic rings. The maximum absolute atomic E-state index is 13.5. The van der Waals surface area contributed by atoms with Gasteiger partial charge < -0.3 is 4.90 Å². The summed E-state index contributed by atoms with van der Waals surface area (Å²) in [6.45, 7) is 11.0. The second-order valence-corrected chi connectivity index (χ2v) is 9.69. The standard InChI is InChI=1S/C21H24ClN3O2S2/c1-6-24(7-2)19(26)14(5)29-21-23-18-17(12(3)13(4)28-18)20(27)25(21)16-10-8-15(22)9-11-16/h8-11,14H,6-7H2,1-5H3. The summed E-state index contributed by atoms with van der Waals surface area (Å²) < 4.78 is 1.59. The van der Waals surface area contributed by atoms with Gasteiger partial charge in [-0.05, 0) is 64.4 Å². The number of carbonyl (C=O) groups is 1. The van der Waals surface area contributed by atoms with Crippen LogP contribution in [0.3, 0.4) is 0 Å². The molecule has 1 atom stereocenters. The minimum absolute atomic E-state index is 0.0375. The van der Waals surface area contributed by atoms with Crippen molar-refractivity contribution in [2.45, 2.75) is 45.0 Å². The summed E-state index contributed by atoms with van der Waals surface area (Å²) >= 11 is 8.86. The van der Waals surface area contributed by atoms with Crippen LogP contribution in [0, 0.1) is 13.8 Å². The van der Waals surface area contributed by atoms with E-state index in [1.807, 2.05) is 34.6 Å². The highest BCUT2D eigenvalue weighted by atomic mass is 35.5. The zero-order chi connectivity index (χ0) is 21.3. The molecule has 0 aliphatic rings. The lowest BCUT2D eigenvalue weighted by atomic mass is 10.2. The largest absolute Gasteiger partial charge is 0.342 e. The van der Waals surface area contributed by atoms with Gasteiger partial charge in [-0.25, -0.2) is 4.98 Å². The number of rotatable bonds is 6. The molecule has 0 bridgehead atoms. The number of carbonyl (C=O) groups excluding carboxylic acids is 1. The molecular weight excluding hydrogens is 426 g/mol. The lowest BCUT2D eigenvalue weighted by Gasteiger charge is -2.23. The van der Waals surface area contributed by atoms with Gasteiger partial charge in [0.2, 0.25) is 5.91 Å². The summed E-state index contributed by atoms with van der Waals surface area (Å²) in [5.74, 6) is 0.0375. The molecule has 0 saturated heterocycles.